The Morgan fingerprint density at radius 2 is 1.94 bits per heavy atom. The minimum Gasteiger partial charge on any atom is -0.379 e. The summed E-state index contributed by atoms with van der Waals surface area (Å²) in [5.41, 5.74) is 0. The molecule has 0 aromatic rings. The van der Waals surface area contributed by atoms with Crippen LogP contribution >= 0.6 is 0 Å². The number of ether oxygens (including phenoxy) is 1. The molecule has 0 saturated heterocycles. The van der Waals surface area contributed by atoms with Gasteiger partial charge in [0.15, 0.2) is 0 Å². The minimum absolute atomic E-state index is 0.0982. The summed E-state index contributed by atoms with van der Waals surface area (Å²) in [4.78, 5) is 13.4. The van der Waals surface area contributed by atoms with Crippen molar-refractivity contribution < 1.29 is 9.53 Å². The predicted octanol–water partition coefficient (Wildman–Crippen LogP) is 0.0689. The van der Waals surface area contributed by atoms with E-state index in [0.29, 0.717) is 19.6 Å². The first-order valence-corrected chi connectivity index (χ1v) is 6.25. The summed E-state index contributed by atoms with van der Waals surface area (Å²) in [6, 6.07) is 0.219. The van der Waals surface area contributed by atoms with Crippen LogP contribution in [0, 0.1) is 0 Å². The van der Waals surface area contributed by atoms with Gasteiger partial charge in [0.05, 0.1) is 13.2 Å². The molecule has 0 bridgehead atoms. The molecule has 0 fully saturated rings. The molecule has 17 heavy (non-hydrogen) atoms. The Labute approximate surface area is 105 Å². The van der Waals surface area contributed by atoms with Gasteiger partial charge in [-0.15, -0.1) is 0 Å². The van der Waals surface area contributed by atoms with Crippen molar-refractivity contribution in [2.24, 2.45) is 0 Å². The predicted molar refractivity (Wildman–Crippen MR) is 70.1 cm³/mol. The maximum atomic E-state index is 11.3. The van der Waals surface area contributed by atoms with Gasteiger partial charge in [-0.3, -0.25) is 4.79 Å². The maximum Gasteiger partial charge on any atom is 0.221 e. The summed E-state index contributed by atoms with van der Waals surface area (Å²) in [5.74, 6) is 0.0982. The number of hydrogen-bond acceptors (Lipinski definition) is 4. The second-order valence-corrected chi connectivity index (χ2v) is 4.64. The molecule has 0 heterocycles. The molecule has 0 saturated carbocycles. The number of rotatable bonds is 10. The lowest BCUT2D eigenvalue weighted by atomic mass is 10.3. The zero-order chi connectivity index (χ0) is 13.1. The molecular weight excluding hydrogens is 218 g/mol. The largest absolute Gasteiger partial charge is 0.379 e. The highest BCUT2D eigenvalue weighted by Gasteiger charge is 2.01. The maximum absolute atomic E-state index is 11.3. The lowest BCUT2D eigenvalue weighted by molar-refractivity contribution is -0.121. The molecule has 0 atom stereocenters. The Bertz CT molecular complexity index is 196. The number of carbonyl (C=O) groups is 1. The van der Waals surface area contributed by atoms with E-state index in [-0.39, 0.29) is 11.9 Å². The molecule has 0 aliphatic heterocycles. The van der Waals surface area contributed by atoms with Gasteiger partial charge in [-0.05, 0) is 27.9 Å². The number of carbonyl (C=O) groups excluding carboxylic acids is 1. The van der Waals surface area contributed by atoms with Gasteiger partial charge in [0.1, 0.15) is 0 Å². The first-order chi connectivity index (χ1) is 8.02. The van der Waals surface area contributed by atoms with Crippen LogP contribution in [0.3, 0.4) is 0 Å². The lowest BCUT2D eigenvalue weighted by Crippen LogP contribution is -2.33. The number of amides is 1. The fourth-order valence-electron chi connectivity index (χ4n) is 1.21. The fourth-order valence-corrected chi connectivity index (χ4v) is 1.21. The molecular formula is C12H27N3O2. The van der Waals surface area contributed by atoms with Crippen LogP contribution < -0.4 is 10.6 Å². The Morgan fingerprint density at radius 3 is 2.53 bits per heavy atom. The van der Waals surface area contributed by atoms with E-state index in [0.717, 1.165) is 19.7 Å². The van der Waals surface area contributed by atoms with Gasteiger partial charge >= 0.3 is 0 Å². The third-order valence-corrected chi connectivity index (χ3v) is 2.08. The van der Waals surface area contributed by atoms with Crippen LogP contribution in [0.1, 0.15) is 20.3 Å². The molecule has 1 amide bonds. The van der Waals surface area contributed by atoms with Gasteiger partial charge in [-0.2, -0.15) is 0 Å². The van der Waals surface area contributed by atoms with E-state index in [4.69, 9.17) is 4.74 Å². The van der Waals surface area contributed by atoms with Crippen molar-refractivity contribution in [2.45, 2.75) is 26.3 Å². The third kappa shape index (κ3) is 13.3. The quantitative estimate of drug-likeness (QED) is 0.535. The second kappa shape index (κ2) is 10.5. The Balaban J connectivity index is 3.16. The standard InChI is InChI=1S/C12H27N3O2/c1-11(2)14-12(16)5-6-13-7-9-17-10-8-15(3)4/h11,13H,5-10H2,1-4H3,(H,14,16). The first kappa shape index (κ1) is 16.4. The van der Waals surface area contributed by atoms with E-state index >= 15 is 0 Å². The van der Waals surface area contributed by atoms with Crippen molar-refractivity contribution in [3.63, 3.8) is 0 Å². The number of nitrogens with one attached hydrogen (secondary N) is 2. The average Bonchev–Trinajstić information content (AvgIpc) is 2.20. The highest BCUT2D eigenvalue weighted by atomic mass is 16.5. The molecule has 0 unspecified atom stereocenters. The monoisotopic (exact) mass is 245 g/mol. The van der Waals surface area contributed by atoms with E-state index in [2.05, 4.69) is 15.5 Å². The summed E-state index contributed by atoms with van der Waals surface area (Å²) in [7, 11) is 4.05. The van der Waals surface area contributed by atoms with Crippen LogP contribution in [0.25, 0.3) is 0 Å². The minimum atomic E-state index is 0.0982. The summed E-state index contributed by atoms with van der Waals surface area (Å²) in [6.07, 6.45) is 0.524. The van der Waals surface area contributed by atoms with Crippen molar-refractivity contribution in [1.29, 1.82) is 0 Å². The fraction of sp³-hybridized carbons (Fsp3) is 0.917. The molecule has 0 rings (SSSR count). The van der Waals surface area contributed by atoms with Gasteiger partial charge in [0.2, 0.25) is 5.91 Å². The number of nitrogens with zero attached hydrogens (tertiary/aromatic N) is 1. The molecule has 0 aromatic carbocycles. The third-order valence-electron chi connectivity index (χ3n) is 2.08. The van der Waals surface area contributed by atoms with Gasteiger partial charge in [-0.25, -0.2) is 0 Å². The van der Waals surface area contributed by atoms with Crippen LogP contribution in [0.5, 0.6) is 0 Å². The van der Waals surface area contributed by atoms with Crippen LogP contribution in [0.15, 0.2) is 0 Å². The smallest absolute Gasteiger partial charge is 0.221 e. The molecule has 2 N–H and O–H groups in total. The van der Waals surface area contributed by atoms with Crippen LogP contribution in [-0.4, -0.2) is 63.8 Å². The van der Waals surface area contributed by atoms with Gasteiger partial charge in [0, 0.05) is 32.1 Å². The van der Waals surface area contributed by atoms with Crippen molar-refractivity contribution in [2.75, 3.05) is 46.9 Å². The van der Waals surface area contributed by atoms with Gasteiger partial charge in [0.25, 0.3) is 0 Å². The Kier molecular flexibility index (Phi) is 10.1. The van der Waals surface area contributed by atoms with E-state index < -0.39 is 0 Å². The molecule has 5 heteroatoms. The highest BCUT2D eigenvalue weighted by Crippen LogP contribution is 1.82. The normalized spacial score (nSPS) is 11.2. The summed E-state index contributed by atoms with van der Waals surface area (Å²) < 4.78 is 5.41. The Morgan fingerprint density at radius 1 is 1.24 bits per heavy atom. The van der Waals surface area contributed by atoms with Crippen molar-refractivity contribution >= 4 is 5.91 Å². The van der Waals surface area contributed by atoms with E-state index in [1.54, 1.807) is 0 Å². The Hall–Kier alpha value is -0.650. The second-order valence-electron chi connectivity index (χ2n) is 4.64. The van der Waals surface area contributed by atoms with E-state index in [1.165, 1.54) is 0 Å². The lowest BCUT2D eigenvalue weighted by Gasteiger charge is -2.10. The van der Waals surface area contributed by atoms with Crippen molar-refractivity contribution in [3.05, 3.63) is 0 Å². The molecule has 5 nitrogen and oxygen atoms in total. The van der Waals surface area contributed by atoms with Gasteiger partial charge in [-0.1, -0.05) is 0 Å². The molecule has 0 spiro atoms. The summed E-state index contributed by atoms with van der Waals surface area (Å²) in [5, 5.41) is 6.03. The topological polar surface area (TPSA) is 53.6 Å². The molecule has 0 aliphatic carbocycles. The van der Waals surface area contributed by atoms with Crippen molar-refractivity contribution in [1.82, 2.24) is 15.5 Å². The zero-order valence-corrected chi connectivity index (χ0v) is 11.6. The van der Waals surface area contributed by atoms with Gasteiger partial charge < -0.3 is 20.3 Å². The van der Waals surface area contributed by atoms with Crippen molar-refractivity contribution in [3.8, 4) is 0 Å². The van der Waals surface area contributed by atoms with Crippen LogP contribution in [0.2, 0.25) is 0 Å². The van der Waals surface area contributed by atoms with E-state index in [9.17, 15) is 4.79 Å². The van der Waals surface area contributed by atoms with Crippen LogP contribution in [-0.2, 0) is 9.53 Å². The summed E-state index contributed by atoms with van der Waals surface area (Å²) >= 11 is 0. The number of likely N-dealkylation sites (N-methyl/N-ethyl adjacent to an activating group) is 1. The SMILES string of the molecule is CC(C)NC(=O)CCNCCOCCN(C)C. The van der Waals surface area contributed by atoms with E-state index in [1.807, 2.05) is 27.9 Å². The summed E-state index contributed by atoms with van der Waals surface area (Å²) in [6.45, 7) is 7.81. The molecule has 0 radical (unpaired) electrons. The molecule has 102 valence electrons. The molecule has 0 aromatic heterocycles. The first-order valence-electron chi connectivity index (χ1n) is 6.25. The van der Waals surface area contributed by atoms with Crippen LogP contribution in [0.4, 0.5) is 0 Å². The average molecular weight is 245 g/mol. The molecule has 0 aliphatic rings. The number of hydrogen-bond donors (Lipinski definition) is 2. The highest BCUT2D eigenvalue weighted by molar-refractivity contribution is 5.76. The zero-order valence-electron chi connectivity index (χ0n) is 11.6.